The quantitative estimate of drug-likeness (QED) is 0.845. The topological polar surface area (TPSA) is 92.3 Å². The molecule has 2 rings (SSSR count). The average Bonchev–Trinajstić information content (AvgIpc) is 2.46. The van der Waals surface area contributed by atoms with Gasteiger partial charge in [0.15, 0.2) is 0 Å². The van der Waals surface area contributed by atoms with Gasteiger partial charge in [0.05, 0.1) is 17.8 Å². The number of aliphatic carboxylic acids is 1. The van der Waals surface area contributed by atoms with Crippen molar-refractivity contribution in [1.29, 1.82) is 0 Å². The molecule has 108 valence electrons. The van der Waals surface area contributed by atoms with Crippen molar-refractivity contribution in [2.45, 2.75) is 0 Å². The number of hydrogen-bond donors (Lipinski definition) is 2. The molecule has 0 atom stereocenters. The van der Waals surface area contributed by atoms with E-state index in [0.717, 1.165) is 6.08 Å². The summed E-state index contributed by atoms with van der Waals surface area (Å²) in [6.45, 7) is 0. The van der Waals surface area contributed by atoms with E-state index in [1.807, 2.05) is 0 Å². The number of rotatable bonds is 4. The fourth-order valence-corrected chi connectivity index (χ4v) is 1.94. The molecule has 2 aromatic rings. The molecule has 6 nitrogen and oxygen atoms in total. The van der Waals surface area contributed by atoms with Gasteiger partial charge in [-0.2, -0.15) is 5.10 Å². The summed E-state index contributed by atoms with van der Waals surface area (Å²) in [5.74, 6) is -0.615. The van der Waals surface area contributed by atoms with Gasteiger partial charge in [0.2, 0.25) is 0 Å². The molecular formula is C14H11ClN2O4. The Bertz CT molecular complexity index is 768. The SMILES string of the molecule is COc1ccc(-c2cc(/C=C/C(=O)O)c(=O)[nH]n2)cc1Cl. The maximum Gasteiger partial charge on any atom is 0.328 e. The molecular weight excluding hydrogens is 296 g/mol. The molecule has 0 saturated heterocycles. The van der Waals surface area contributed by atoms with Crippen LogP contribution < -0.4 is 10.3 Å². The Hall–Kier alpha value is -2.60. The summed E-state index contributed by atoms with van der Waals surface area (Å²) in [7, 11) is 1.51. The number of carboxylic acids is 1. The van der Waals surface area contributed by atoms with Crippen molar-refractivity contribution in [2.24, 2.45) is 0 Å². The van der Waals surface area contributed by atoms with Gasteiger partial charge in [0.25, 0.3) is 5.56 Å². The summed E-state index contributed by atoms with van der Waals surface area (Å²) in [5, 5.41) is 15.2. The number of nitrogens with one attached hydrogen (secondary N) is 1. The Balaban J connectivity index is 2.45. The summed E-state index contributed by atoms with van der Waals surface area (Å²) in [4.78, 5) is 22.1. The van der Waals surface area contributed by atoms with Gasteiger partial charge in [-0.15, -0.1) is 0 Å². The molecule has 1 aromatic carbocycles. The lowest BCUT2D eigenvalue weighted by Gasteiger charge is -2.06. The van der Waals surface area contributed by atoms with Crippen LogP contribution in [0.25, 0.3) is 17.3 Å². The van der Waals surface area contributed by atoms with Gasteiger partial charge in [0.1, 0.15) is 5.75 Å². The van der Waals surface area contributed by atoms with E-state index in [9.17, 15) is 9.59 Å². The van der Waals surface area contributed by atoms with Crippen molar-refractivity contribution < 1.29 is 14.6 Å². The van der Waals surface area contributed by atoms with E-state index in [4.69, 9.17) is 21.4 Å². The van der Waals surface area contributed by atoms with Crippen molar-refractivity contribution in [3.05, 3.63) is 51.3 Å². The number of carboxylic acid groups (broad SMARTS) is 1. The van der Waals surface area contributed by atoms with Crippen molar-refractivity contribution >= 4 is 23.6 Å². The van der Waals surface area contributed by atoms with Gasteiger partial charge in [-0.3, -0.25) is 4.79 Å². The van der Waals surface area contributed by atoms with E-state index in [1.165, 1.54) is 19.3 Å². The molecule has 7 heteroatoms. The van der Waals surface area contributed by atoms with E-state index in [-0.39, 0.29) is 5.56 Å². The molecule has 0 aliphatic rings. The van der Waals surface area contributed by atoms with Crippen molar-refractivity contribution in [3.63, 3.8) is 0 Å². The summed E-state index contributed by atoms with van der Waals surface area (Å²) in [6.07, 6.45) is 2.09. The van der Waals surface area contributed by atoms with Crippen molar-refractivity contribution in [1.82, 2.24) is 10.2 Å². The molecule has 0 aliphatic heterocycles. The number of nitrogens with zero attached hydrogens (tertiary/aromatic N) is 1. The first-order valence-electron chi connectivity index (χ1n) is 5.86. The zero-order valence-electron chi connectivity index (χ0n) is 11.0. The van der Waals surface area contributed by atoms with E-state index in [2.05, 4.69) is 10.2 Å². The average molecular weight is 307 g/mol. The largest absolute Gasteiger partial charge is 0.495 e. The zero-order valence-corrected chi connectivity index (χ0v) is 11.7. The minimum Gasteiger partial charge on any atom is -0.495 e. The van der Waals surface area contributed by atoms with Crippen LogP contribution in [0.1, 0.15) is 5.56 Å². The van der Waals surface area contributed by atoms with Crippen LogP contribution in [0, 0.1) is 0 Å². The van der Waals surface area contributed by atoms with Crippen LogP contribution in [-0.4, -0.2) is 28.4 Å². The monoisotopic (exact) mass is 306 g/mol. The van der Waals surface area contributed by atoms with Gasteiger partial charge >= 0.3 is 5.97 Å². The Labute approximate surface area is 124 Å². The molecule has 0 unspecified atom stereocenters. The second-order valence-electron chi connectivity index (χ2n) is 4.06. The summed E-state index contributed by atoms with van der Waals surface area (Å²) in [5.41, 5.74) is 0.844. The van der Waals surface area contributed by atoms with Crippen LogP contribution in [0.5, 0.6) is 5.75 Å². The van der Waals surface area contributed by atoms with Crippen LogP contribution in [0.2, 0.25) is 5.02 Å². The second-order valence-corrected chi connectivity index (χ2v) is 4.47. The van der Waals surface area contributed by atoms with E-state index in [0.29, 0.717) is 22.0 Å². The highest BCUT2D eigenvalue weighted by Gasteiger charge is 2.07. The van der Waals surface area contributed by atoms with Crippen LogP contribution in [-0.2, 0) is 4.79 Å². The highest BCUT2D eigenvalue weighted by atomic mass is 35.5. The lowest BCUT2D eigenvalue weighted by Crippen LogP contribution is -2.11. The van der Waals surface area contributed by atoms with Crippen molar-refractivity contribution in [3.8, 4) is 17.0 Å². The van der Waals surface area contributed by atoms with Gasteiger partial charge in [-0.1, -0.05) is 11.6 Å². The first kappa shape index (κ1) is 14.8. The Morgan fingerprint density at radius 1 is 1.43 bits per heavy atom. The molecule has 0 amide bonds. The minimum absolute atomic E-state index is 0.189. The highest BCUT2D eigenvalue weighted by Crippen LogP contribution is 2.29. The number of methoxy groups -OCH3 is 1. The number of aromatic amines is 1. The summed E-state index contributed by atoms with van der Waals surface area (Å²) in [6, 6.07) is 6.54. The Morgan fingerprint density at radius 3 is 2.81 bits per heavy atom. The smallest absolute Gasteiger partial charge is 0.328 e. The molecule has 0 fully saturated rings. The fraction of sp³-hybridized carbons (Fsp3) is 0.0714. The van der Waals surface area contributed by atoms with E-state index < -0.39 is 11.5 Å². The van der Waals surface area contributed by atoms with Gasteiger partial charge in [-0.25, -0.2) is 9.89 Å². The maximum absolute atomic E-state index is 11.6. The molecule has 2 N–H and O–H groups in total. The first-order valence-corrected chi connectivity index (χ1v) is 6.23. The number of H-pyrrole nitrogens is 1. The van der Waals surface area contributed by atoms with E-state index >= 15 is 0 Å². The molecule has 0 spiro atoms. The molecule has 0 saturated carbocycles. The van der Waals surface area contributed by atoms with Gasteiger partial charge < -0.3 is 9.84 Å². The Kier molecular flexibility index (Phi) is 4.39. The normalized spacial score (nSPS) is 10.8. The molecule has 0 aliphatic carbocycles. The molecule has 0 radical (unpaired) electrons. The minimum atomic E-state index is -1.14. The van der Waals surface area contributed by atoms with Crippen LogP contribution in [0.3, 0.4) is 0 Å². The Morgan fingerprint density at radius 2 is 2.19 bits per heavy atom. The lowest BCUT2D eigenvalue weighted by molar-refractivity contribution is -0.131. The number of halogens is 1. The second kappa shape index (κ2) is 6.23. The summed E-state index contributed by atoms with van der Waals surface area (Å²) >= 11 is 6.04. The maximum atomic E-state index is 11.6. The number of ether oxygens (including phenoxy) is 1. The summed E-state index contributed by atoms with van der Waals surface area (Å²) < 4.78 is 5.06. The van der Waals surface area contributed by atoms with Crippen LogP contribution in [0.4, 0.5) is 0 Å². The van der Waals surface area contributed by atoms with Gasteiger partial charge in [-0.05, 0) is 30.3 Å². The predicted octanol–water partition coefficient (Wildman–Crippen LogP) is 2.20. The first-order chi connectivity index (χ1) is 10.0. The third kappa shape index (κ3) is 3.49. The predicted molar refractivity (Wildman–Crippen MR) is 78.5 cm³/mol. The highest BCUT2D eigenvalue weighted by molar-refractivity contribution is 6.32. The number of hydrogen-bond acceptors (Lipinski definition) is 4. The van der Waals surface area contributed by atoms with E-state index in [1.54, 1.807) is 18.2 Å². The van der Waals surface area contributed by atoms with Crippen molar-refractivity contribution in [2.75, 3.05) is 7.11 Å². The number of benzene rings is 1. The molecule has 21 heavy (non-hydrogen) atoms. The van der Waals surface area contributed by atoms with Gasteiger partial charge in [0, 0.05) is 17.2 Å². The number of carbonyl (C=O) groups is 1. The standard InChI is InChI=1S/C14H11ClN2O4/c1-21-12-4-2-8(6-10(12)15)11-7-9(3-5-13(18)19)14(20)17-16-11/h2-7H,1H3,(H,17,20)(H,18,19)/b5-3+. The fourth-order valence-electron chi connectivity index (χ4n) is 1.68. The molecule has 0 bridgehead atoms. The molecule has 1 aromatic heterocycles. The molecule has 1 heterocycles. The third-order valence-electron chi connectivity index (χ3n) is 2.69. The lowest BCUT2D eigenvalue weighted by atomic mass is 10.1. The third-order valence-corrected chi connectivity index (χ3v) is 2.98. The van der Waals surface area contributed by atoms with Crippen LogP contribution >= 0.6 is 11.6 Å². The number of aromatic nitrogens is 2. The van der Waals surface area contributed by atoms with Crippen LogP contribution in [0.15, 0.2) is 35.1 Å². The zero-order chi connectivity index (χ0) is 15.4.